The third kappa shape index (κ3) is 2.14. The molecule has 1 unspecified atom stereocenters. The standard InChI is InChI=1S/C13H19N5/c1-8-5-9(2)12(10(3)6-8)13(16-14)11-7-15-17-18(11)4/h5-7,13,16H,14H2,1-4H3. The van der Waals surface area contributed by atoms with Gasteiger partial charge in [-0.25, -0.2) is 5.43 Å². The van der Waals surface area contributed by atoms with Crippen LogP contribution in [0.1, 0.15) is 34.0 Å². The Kier molecular flexibility index (Phi) is 3.45. The summed E-state index contributed by atoms with van der Waals surface area (Å²) in [6.07, 6.45) is 1.74. The SMILES string of the molecule is Cc1cc(C)c(C(NN)c2cnnn2C)c(C)c1. The Labute approximate surface area is 107 Å². The molecule has 5 nitrogen and oxygen atoms in total. The number of hydrazine groups is 1. The first-order valence-corrected chi connectivity index (χ1v) is 5.93. The largest absolute Gasteiger partial charge is 0.271 e. The summed E-state index contributed by atoms with van der Waals surface area (Å²) in [7, 11) is 1.87. The second-order valence-corrected chi connectivity index (χ2v) is 4.69. The maximum atomic E-state index is 5.72. The summed E-state index contributed by atoms with van der Waals surface area (Å²) >= 11 is 0. The van der Waals surface area contributed by atoms with Gasteiger partial charge in [-0.1, -0.05) is 22.9 Å². The van der Waals surface area contributed by atoms with Crippen molar-refractivity contribution in [2.24, 2.45) is 12.9 Å². The van der Waals surface area contributed by atoms with Gasteiger partial charge in [0.25, 0.3) is 0 Å². The lowest BCUT2D eigenvalue weighted by atomic mass is 9.93. The normalized spacial score (nSPS) is 12.7. The monoisotopic (exact) mass is 245 g/mol. The van der Waals surface area contributed by atoms with Crippen LogP contribution in [0, 0.1) is 20.8 Å². The Balaban J connectivity index is 2.56. The number of aryl methyl sites for hydroxylation is 4. The van der Waals surface area contributed by atoms with Gasteiger partial charge in [0.1, 0.15) is 0 Å². The molecule has 5 heteroatoms. The van der Waals surface area contributed by atoms with Crippen LogP contribution in [0.5, 0.6) is 0 Å². The van der Waals surface area contributed by atoms with Crippen molar-refractivity contribution in [1.29, 1.82) is 0 Å². The van der Waals surface area contributed by atoms with Crippen molar-refractivity contribution in [3.8, 4) is 0 Å². The molecule has 0 saturated carbocycles. The maximum absolute atomic E-state index is 5.72. The quantitative estimate of drug-likeness (QED) is 0.631. The number of benzene rings is 1. The van der Waals surface area contributed by atoms with E-state index in [1.165, 1.54) is 22.3 Å². The third-order valence-electron chi connectivity index (χ3n) is 3.24. The Morgan fingerprint density at radius 2 is 1.83 bits per heavy atom. The molecule has 1 atom stereocenters. The molecule has 0 fully saturated rings. The van der Waals surface area contributed by atoms with E-state index in [0.29, 0.717) is 0 Å². The molecule has 3 N–H and O–H groups in total. The minimum absolute atomic E-state index is 0.0920. The van der Waals surface area contributed by atoms with Crippen LogP contribution in [0.15, 0.2) is 18.3 Å². The zero-order valence-electron chi connectivity index (χ0n) is 11.2. The van der Waals surface area contributed by atoms with Crippen LogP contribution in [-0.2, 0) is 7.05 Å². The second kappa shape index (κ2) is 4.88. The molecule has 0 bridgehead atoms. The Bertz CT molecular complexity index is 535. The predicted octanol–water partition coefficient (Wildman–Crippen LogP) is 1.29. The van der Waals surface area contributed by atoms with Gasteiger partial charge in [-0.2, -0.15) is 0 Å². The lowest BCUT2D eigenvalue weighted by Gasteiger charge is -2.21. The van der Waals surface area contributed by atoms with Crippen LogP contribution in [0.2, 0.25) is 0 Å². The average molecular weight is 245 g/mol. The highest BCUT2D eigenvalue weighted by molar-refractivity contribution is 5.42. The van der Waals surface area contributed by atoms with Crippen LogP contribution in [0.25, 0.3) is 0 Å². The number of nitrogens with two attached hydrogens (primary N) is 1. The third-order valence-corrected chi connectivity index (χ3v) is 3.24. The fourth-order valence-electron chi connectivity index (χ4n) is 2.52. The molecule has 0 spiro atoms. The lowest BCUT2D eigenvalue weighted by molar-refractivity contribution is 0.566. The van der Waals surface area contributed by atoms with Crippen molar-refractivity contribution in [1.82, 2.24) is 20.4 Å². The summed E-state index contributed by atoms with van der Waals surface area (Å²) in [5.74, 6) is 5.72. The van der Waals surface area contributed by atoms with Gasteiger partial charge in [0, 0.05) is 7.05 Å². The molecule has 96 valence electrons. The molecule has 0 aliphatic rings. The number of rotatable bonds is 3. The summed E-state index contributed by atoms with van der Waals surface area (Å²) in [6, 6.07) is 4.23. The van der Waals surface area contributed by atoms with Crippen molar-refractivity contribution >= 4 is 0 Å². The molecule has 0 saturated heterocycles. The van der Waals surface area contributed by atoms with E-state index in [2.05, 4.69) is 48.6 Å². The van der Waals surface area contributed by atoms with E-state index >= 15 is 0 Å². The van der Waals surface area contributed by atoms with Gasteiger partial charge in [0.15, 0.2) is 0 Å². The average Bonchev–Trinajstić information content (AvgIpc) is 2.69. The lowest BCUT2D eigenvalue weighted by Crippen LogP contribution is -2.31. The van der Waals surface area contributed by atoms with Crippen LogP contribution >= 0.6 is 0 Å². The molecular formula is C13H19N5. The van der Waals surface area contributed by atoms with Crippen molar-refractivity contribution in [3.05, 3.63) is 46.3 Å². The first-order chi connectivity index (χ1) is 8.54. The van der Waals surface area contributed by atoms with Crippen LogP contribution in [0.4, 0.5) is 0 Å². The number of aromatic nitrogens is 3. The summed E-state index contributed by atoms with van der Waals surface area (Å²) in [5.41, 5.74) is 8.70. The van der Waals surface area contributed by atoms with Gasteiger partial charge < -0.3 is 0 Å². The fraction of sp³-hybridized carbons (Fsp3) is 0.385. The smallest absolute Gasteiger partial charge is 0.0899 e. The van der Waals surface area contributed by atoms with Gasteiger partial charge in [-0.05, 0) is 37.5 Å². The van der Waals surface area contributed by atoms with Gasteiger partial charge in [-0.3, -0.25) is 10.5 Å². The van der Waals surface area contributed by atoms with E-state index in [1.54, 1.807) is 10.9 Å². The topological polar surface area (TPSA) is 68.8 Å². The van der Waals surface area contributed by atoms with Crippen molar-refractivity contribution < 1.29 is 0 Å². The number of nitrogens with one attached hydrogen (secondary N) is 1. The van der Waals surface area contributed by atoms with Crippen LogP contribution in [0.3, 0.4) is 0 Å². The highest BCUT2D eigenvalue weighted by atomic mass is 15.4. The molecule has 1 aromatic carbocycles. The number of hydrogen-bond acceptors (Lipinski definition) is 4. The van der Waals surface area contributed by atoms with Crippen LogP contribution in [-0.4, -0.2) is 15.0 Å². The van der Waals surface area contributed by atoms with Crippen molar-refractivity contribution in [2.75, 3.05) is 0 Å². The highest BCUT2D eigenvalue weighted by Gasteiger charge is 2.20. The van der Waals surface area contributed by atoms with Crippen LogP contribution < -0.4 is 11.3 Å². The van der Waals surface area contributed by atoms with E-state index in [9.17, 15) is 0 Å². The molecule has 18 heavy (non-hydrogen) atoms. The molecule has 1 heterocycles. The van der Waals surface area contributed by atoms with Gasteiger partial charge in [-0.15, -0.1) is 5.10 Å². The zero-order chi connectivity index (χ0) is 13.3. The molecule has 0 radical (unpaired) electrons. The molecule has 2 rings (SSSR count). The van der Waals surface area contributed by atoms with Gasteiger partial charge in [0.2, 0.25) is 0 Å². The first kappa shape index (κ1) is 12.7. The maximum Gasteiger partial charge on any atom is 0.0899 e. The van der Waals surface area contributed by atoms with E-state index in [-0.39, 0.29) is 6.04 Å². The van der Waals surface area contributed by atoms with Gasteiger partial charge in [0.05, 0.1) is 17.9 Å². The molecule has 0 aliphatic carbocycles. The Morgan fingerprint density at radius 3 is 2.28 bits per heavy atom. The fourth-order valence-corrected chi connectivity index (χ4v) is 2.52. The summed E-state index contributed by atoms with van der Waals surface area (Å²) in [4.78, 5) is 0. The summed E-state index contributed by atoms with van der Waals surface area (Å²) in [6.45, 7) is 6.30. The van der Waals surface area contributed by atoms with E-state index in [1.807, 2.05) is 7.05 Å². The first-order valence-electron chi connectivity index (χ1n) is 5.93. The van der Waals surface area contributed by atoms with E-state index in [0.717, 1.165) is 5.69 Å². The zero-order valence-corrected chi connectivity index (χ0v) is 11.2. The summed E-state index contributed by atoms with van der Waals surface area (Å²) in [5, 5.41) is 7.87. The van der Waals surface area contributed by atoms with Gasteiger partial charge >= 0.3 is 0 Å². The minimum Gasteiger partial charge on any atom is -0.271 e. The van der Waals surface area contributed by atoms with Crippen molar-refractivity contribution in [3.63, 3.8) is 0 Å². The molecular weight excluding hydrogens is 226 g/mol. The molecule has 0 amide bonds. The minimum atomic E-state index is -0.0920. The molecule has 1 aromatic heterocycles. The highest BCUT2D eigenvalue weighted by Crippen LogP contribution is 2.27. The predicted molar refractivity (Wildman–Crippen MR) is 70.8 cm³/mol. The van der Waals surface area contributed by atoms with E-state index in [4.69, 9.17) is 5.84 Å². The summed E-state index contributed by atoms with van der Waals surface area (Å²) < 4.78 is 1.74. The van der Waals surface area contributed by atoms with Crippen molar-refractivity contribution in [2.45, 2.75) is 26.8 Å². The Hall–Kier alpha value is -1.72. The second-order valence-electron chi connectivity index (χ2n) is 4.69. The molecule has 0 aliphatic heterocycles. The number of hydrogen-bond donors (Lipinski definition) is 2. The van der Waals surface area contributed by atoms with E-state index < -0.39 is 0 Å². The molecule has 2 aromatic rings. The Morgan fingerprint density at radius 1 is 1.22 bits per heavy atom. The number of nitrogens with zero attached hydrogens (tertiary/aromatic N) is 3.